The highest BCUT2D eigenvalue weighted by Crippen LogP contribution is 2.39. The lowest BCUT2D eigenvalue weighted by Crippen LogP contribution is -2.57. The largest absolute Gasteiger partial charge is 0.511 e. The van der Waals surface area contributed by atoms with Crippen LogP contribution in [0.4, 0.5) is 13.2 Å². The zero-order valence-electron chi connectivity index (χ0n) is 19.0. The fourth-order valence-electron chi connectivity index (χ4n) is 4.83. The number of nitrogens with zero attached hydrogens (tertiary/aromatic N) is 2. The van der Waals surface area contributed by atoms with Gasteiger partial charge in [-0.05, 0) is 51.0 Å². The first-order valence-electron chi connectivity index (χ1n) is 11.6. The van der Waals surface area contributed by atoms with E-state index in [9.17, 15) is 26.4 Å². The molecule has 1 aliphatic carbocycles. The number of ether oxygens (including phenoxy) is 2. The van der Waals surface area contributed by atoms with Gasteiger partial charge in [-0.1, -0.05) is 0 Å². The monoisotopic (exact) mass is 518 g/mol. The molecular formula is C22H29F3N4O5S. The minimum Gasteiger partial charge on any atom is -0.486 e. The molecule has 2 aromatic rings. The number of piperidine rings is 1. The predicted molar refractivity (Wildman–Crippen MR) is 121 cm³/mol. The van der Waals surface area contributed by atoms with Crippen molar-refractivity contribution in [1.82, 2.24) is 19.4 Å². The fourth-order valence-corrected chi connectivity index (χ4v) is 5.64. The number of nitrogens with one attached hydrogen (secondary N) is 2. The highest BCUT2D eigenvalue weighted by atomic mass is 32.2. The average molecular weight is 519 g/mol. The number of carbonyl (C=O) groups excluding carboxylic acids is 1. The molecule has 4 rings (SSSR count). The first-order chi connectivity index (χ1) is 16.7. The molecule has 0 bridgehead atoms. The normalized spacial score (nSPS) is 26.0. The maximum Gasteiger partial charge on any atom is 0.511 e. The maximum absolute atomic E-state index is 12.8. The quantitative estimate of drug-likeness (QED) is 0.491. The van der Waals surface area contributed by atoms with Gasteiger partial charge in [-0.3, -0.25) is 4.79 Å². The second-order valence-corrected chi connectivity index (χ2v) is 10.7. The maximum atomic E-state index is 12.8. The van der Waals surface area contributed by atoms with Crippen LogP contribution in [0.15, 0.2) is 24.7 Å². The van der Waals surface area contributed by atoms with Gasteiger partial charge in [-0.25, -0.2) is 18.1 Å². The number of fused-ring (bicyclic) bond motifs is 1. The van der Waals surface area contributed by atoms with E-state index in [1.54, 1.807) is 10.9 Å². The van der Waals surface area contributed by atoms with Crippen molar-refractivity contribution in [2.24, 2.45) is 0 Å². The van der Waals surface area contributed by atoms with Crippen LogP contribution in [0, 0.1) is 0 Å². The molecule has 2 aliphatic rings. The first-order valence-corrected chi connectivity index (χ1v) is 13.1. The number of hydrogen-bond acceptors (Lipinski definition) is 7. The number of sulfonamides is 1. The zero-order valence-corrected chi connectivity index (χ0v) is 19.9. The van der Waals surface area contributed by atoms with Crippen molar-refractivity contribution < 1.29 is 35.9 Å². The molecule has 9 nitrogen and oxygen atoms in total. The summed E-state index contributed by atoms with van der Waals surface area (Å²) in [6.07, 6.45) is 10.1. The van der Waals surface area contributed by atoms with E-state index in [0.29, 0.717) is 31.4 Å². The molecule has 0 unspecified atom stereocenters. The Morgan fingerprint density at radius 1 is 1.23 bits per heavy atom. The van der Waals surface area contributed by atoms with Gasteiger partial charge in [0.05, 0.1) is 12.7 Å². The lowest BCUT2D eigenvalue weighted by atomic mass is 9.83. The smallest absolute Gasteiger partial charge is 0.486 e. The van der Waals surface area contributed by atoms with E-state index in [1.165, 1.54) is 0 Å². The van der Waals surface area contributed by atoms with Crippen LogP contribution in [-0.4, -0.2) is 67.5 Å². The number of imidazole rings is 1. The Balaban J connectivity index is 1.34. The van der Waals surface area contributed by atoms with Crippen molar-refractivity contribution in [3.05, 3.63) is 30.2 Å². The Hall–Kier alpha value is -2.22. The minimum absolute atomic E-state index is 0.0456. The van der Waals surface area contributed by atoms with Gasteiger partial charge in [0, 0.05) is 42.3 Å². The van der Waals surface area contributed by atoms with Crippen molar-refractivity contribution in [2.45, 2.75) is 68.1 Å². The molecular weight excluding hydrogens is 489 g/mol. The number of aromatic nitrogens is 2. The van der Waals surface area contributed by atoms with E-state index in [4.69, 9.17) is 9.47 Å². The Labute approximate surface area is 201 Å². The molecule has 2 atom stereocenters. The molecule has 2 N–H and O–H groups in total. The Bertz CT molecular complexity index is 1120. The van der Waals surface area contributed by atoms with Crippen LogP contribution in [0.1, 0.15) is 50.0 Å². The number of pyridine rings is 1. The van der Waals surface area contributed by atoms with Crippen LogP contribution in [0.5, 0.6) is 5.75 Å². The number of hydrogen-bond donors (Lipinski definition) is 2. The van der Waals surface area contributed by atoms with Crippen LogP contribution >= 0.6 is 0 Å². The van der Waals surface area contributed by atoms with E-state index in [0.717, 1.165) is 36.9 Å². The van der Waals surface area contributed by atoms with Gasteiger partial charge in [0.15, 0.2) is 6.29 Å². The molecule has 3 heterocycles. The summed E-state index contributed by atoms with van der Waals surface area (Å²) in [6, 6.07) is 0.398. The molecule has 194 valence electrons. The summed E-state index contributed by atoms with van der Waals surface area (Å²) >= 11 is 0. The molecule has 0 aromatic carbocycles. The van der Waals surface area contributed by atoms with Crippen molar-refractivity contribution in [3.63, 3.8) is 0 Å². The van der Waals surface area contributed by atoms with E-state index in [2.05, 4.69) is 10.3 Å². The van der Waals surface area contributed by atoms with E-state index >= 15 is 0 Å². The van der Waals surface area contributed by atoms with E-state index in [1.807, 2.05) is 22.9 Å². The lowest BCUT2D eigenvalue weighted by molar-refractivity contribution is -0.109. The van der Waals surface area contributed by atoms with Gasteiger partial charge in [-0.15, -0.1) is 0 Å². The number of aldehydes is 1. The lowest BCUT2D eigenvalue weighted by Gasteiger charge is -2.35. The van der Waals surface area contributed by atoms with Crippen LogP contribution < -0.4 is 14.8 Å². The van der Waals surface area contributed by atoms with Gasteiger partial charge in [-0.2, -0.15) is 13.2 Å². The summed E-state index contributed by atoms with van der Waals surface area (Å²) in [7, 11) is -5.42. The first kappa shape index (κ1) is 25.9. The number of alkyl halides is 3. The van der Waals surface area contributed by atoms with Gasteiger partial charge < -0.3 is 19.2 Å². The number of rotatable bonds is 9. The second kappa shape index (κ2) is 10.8. The summed E-state index contributed by atoms with van der Waals surface area (Å²) in [5, 5.41) is 3.09. The fraction of sp³-hybridized carbons (Fsp3) is 0.636. The molecule has 13 heteroatoms. The summed E-state index contributed by atoms with van der Waals surface area (Å²) in [4.78, 5) is 15.1. The molecule has 35 heavy (non-hydrogen) atoms. The van der Waals surface area contributed by atoms with Crippen molar-refractivity contribution in [3.8, 4) is 5.75 Å². The third-order valence-electron chi connectivity index (χ3n) is 6.65. The standard InChI is InChI=1S/C22H29F3N4O5S/c23-22(24,25)35(31,32)28-18-2-1-7-26-19(18)14-34-16-5-3-15(4-6-16)17-13-29-9-8-27-21(29)12-20(17)33-11-10-30/h8-10,12-13,15-16,18-19,26,28H,1-7,11,14H2/t15?,16?,18-,19-/m0/s1. The third-order valence-corrected chi connectivity index (χ3v) is 7.87. The SMILES string of the molecule is O=CCOc1cc2nccn2cc1C1CCC(OC[C@@H]2NCCC[C@@H]2NS(=O)(=O)C(F)(F)F)CC1. The van der Waals surface area contributed by atoms with Crippen LogP contribution in [-0.2, 0) is 19.6 Å². The summed E-state index contributed by atoms with van der Waals surface area (Å²) < 4.78 is 76.9. The molecule has 0 radical (unpaired) electrons. The summed E-state index contributed by atoms with van der Waals surface area (Å²) in [5.41, 5.74) is -3.63. The van der Waals surface area contributed by atoms with Crippen molar-refractivity contribution >= 4 is 22.0 Å². The molecule has 2 fully saturated rings. The van der Waals surface area contributed by atoms with E-state index < -0.39 is 27.6 Å². The summed E-state index contributed by atoms with van der Waals surface area (Å²) in [6.45, 7) is 0.663. The van der Waals surface area contributed by atoms with Crippen molar-refractivity contribution in [1.29, 1.82) is 0 Å². The van der Waals surface area contributed by atoms with Gasteiger partial charge in [0.2, 0.25) is 0 Å². The molecule has 1 aliphatic heterocycles. The van der Waals surface area contributed by atoms with Gasteiger partial charge in [0.25, 0.3) is 0 Å². The molecule has 1 saturated carbocycles. The molecule has 1 saturated heterocycles. The second-order valence-electron chi connectivity index (χ2n) is 8.95. The third kappa shape index (κ3) is 6.13. The molecule has 2 aromatic heterocycles. The van der Waals surface area contributed by atoms with Crippen LogP contribution in [0.3, 0.4) is 0 Å². The Morgan fingerprint density at radius 2 is 2.00 bits per heavy atom. The molecule has 0 spiro atoms. The highest BCUT2D eigenvalue weighted by molar-refractivity contribution is 7.90. The van der Waals surface area contributed by atoms with Crippen LogP contribution in [0.2, 0.25) is 0 Å². The predicted octanol–water partition coefficient (Wildman–Crippen LogP) is 2.51. The highest BCUT2D eigenvalue weighted by Gasteiger charge is 2.47. The Kier molecular flexibility index (Phi) is 7.99. The number of carbonyl (C=O) groups is 1. The van der Waals surface area contributed by atoms with Crippen molar-refractivity contribution in [2.75, 3.05) is 19.8 Å². The number of halogens is 3. The van der Waals surface area contributed by atoms with Gasteiger partial charge >= 0.3 is 15.5 Å². The topological polar surface area (TPSA) is 111 Å². The zero-order chi connectivity index (χ0) is 25.1. The van der Waals surface area contributed by atoms with Gasteiger partial charge in [0.1, 0.15) is 18.0 Å². The average Bonchev–Trinajstić information content (AvgIpc) is 3.28. The van der Waals surface area contributed by atoms with Crippen LogP contribution in [0.25, 0.3) is 5.65 Å². The minimum atomic E-state index is -5.42. The Morgan fingerprint density at radius 3 is 2.71 bits per heavy atom. The summed E-state index contributed by atoms with van der Waals surface area (Å²) in [5.74, 6) is 0.828. The molecule has 0 amide bonds. The van der Waals surface area contributed by atoms with E-state index in [-0.39, 0.29) is 25.2 Å².